The molecule has 1 aromatic rings. The van der Waals surface area contributed by atoms with E-state index in [0.29, 0.717) is 5.56 Å². The number of aryl methyl sites for hydroxylation is 1. The predicted octanol–water partition coefficient (Wildman–Crippen LogP) is 0.243. The van der Waals surface area contributed by atoms with E-state index in [1.54, 1.807) is 19.9 Å². The van der Waals surface area contributed by atoms with Crippen molar-refractivity contribution < 1.29 is 20.1 Å². The summed E-state index contributed by atoms with van der Waals surface area (Å²) in [5, 5.41) is 30.1. The zero-order chi connectivity index (χ0) is 13.1. The maximum absolute atomic E-state index is 11.1. The van der Waals surface area contributed by atoms with Gasteiger partial charge in [0.25, 0.3) is 0 Å². The quantitative estimate of drug-likeness (QED) is 0.588. The molecule has 0 saturated carbocycles. The number of rotatable bonds is 5. The van der Waals surface area contributed by atoms with Crippen molar-refractivity contribution in [3.63, 3.8) is 0 Å². The van der Waals surface area contributed by atoms with Crippen LogP contribution in [0.3, 0.4) is 0 Å². The Morgan fingerprint density at radius 1 is 1.47 bits per heavy atom. The van der Waals surface area contributed by atoms with E-state index in [-0.39, 0.29) is 24.6 Å². The number of aliphatic hydroxyl groups is 2. The number of anilines is 1. The molecule has 0 spiro atoms. The van der Waals surface area contributed by atoms with Crippen LogP contribution in [0.1, 0.15) is 22.8 Å². The zero-order valence-electron chi connectivity index (χ0n) is 9.77. The maximum atomic E-state index is 11.1. The number of carboxylic acids is 1. The Morgan fingerprint density at radius 2 is 2.06 bits per heavy atom. The van der Waals surface area contributed by atoms with E-state index in [1.807, 2.05) is 0 Å². The van der Waals surface area contributed by atoms with E-state index >= 15 is 0 Å². The molecule has 0 amide bonds. The molecule has 0 unspecified atom stereocenters. The monoisotopic (exact) mass is 240 g/mol. The fraction of sp³-hybridized carbons (Fsp3) is 0.455. The van der Waals surface area contributed by atoms with Crippen LogP contribution in [0.25, 0.3) is 0 Å². The summed E-state index contributed by atoms with van der Waals surface area (Å²) in [4.78, 5) is 15.0. The second kappa shape index (κ2) is 5.11. The van der Waals surface area contributed by atoms with Crippen LogP contribution in [0, 0.1) is 6.92 Å². The molecule has 0 atom stereocenters. The molecule has 0 fully saturated rings. The fourth-order valence-electron chi connectivity index (χ4n) is 1.34. The number of nitrogens with one attached hydrogen (secondary N) is 1. The van der Waals surface area contributed by atoms with Crippen molar-refractivity contribution in [1.82, 2.24) is 4.98 Å². The minimum Gasteiger partial charge on any atom is -0.478 e. The highest BCUT2D eigenvalue weighted by Gasteiger charge is 2.25. The zero-order valence-corrected chi connectivity index (χ0v) is 9.77. The van der Waals surface area contributed by atoms with Gasteiger partial charge in [-0.2, -0.15) is 0 Å². The Hall–Kier alpha value is -1.66. The number of carboxylic acid groups (broad SMARTS) is 1. The summed E-state index contributed by atoms with van der Waals surface area (Å²) >= 11 is 0. The highest BCUT2D eigenvalue weighted by atomic mass is 16.4. The molecule has 0 bridgehead atoms. The minimum atomic E-state index is -1.10. The van der Waals surface area contributed by atoms with E-state index < -0.39 is 11.5 Å². The lowest BCUT2D eigenvalue weighted by molar-refractivity contribution is 0.0696. The molecule has 1 aromatic heterocycles. The normalized spacial score (nSPS) is 11.3. The molecular formula is C11H16N2O4. The Kier molecular flexibility index (Phi) is 4.03. The second-order valence-corrected chi connectivity index (χ2v) is 4.16. The van der Waals surface area contributed by atoms with E-state index in [4.69, 9.17) is 15.3 Å². The van der Waals surface area contributed by atoms with E-state index in [9.17, 15) is 4.79 Å². The maximum Gasteiger partial charge on any atom is 0.339 e. The van der Waals surface area contributed by atoms with Gasteiger partial charge in [-0.05, 0) is 25.5 Å². The molecule has 6 heteroatoms. The molecule has 0 aliphatic rings. The lowest BCUT2D eigenvalue weighted by Gasteiger charge is -2.27. The number of aromatic nitrogens is 1. The van der Waals surface area contributed by atoms with Gasteiger partial charge >= 0.3 is 5.97 Å². The van der Waals surface area contributed by atoms with Crippen LogP contribution in [0.15, 0.2) is 12.3 Å². The number of nitrogens with zero attached hydrogens (tertiary/aromatic N) is 1. The minimum absolute atomic E-state index is 0.0422. The Bertz CT molecular complexity index is 416. The standard InChI is InChI=1S/C11H16N2O4/c1-7-3-4-12-9(8(7)10(16)17)13-11(2,5-14)6-15/h3-4,14-15H,5-6H2,1-2H3,(H,12,13)(H,16,17). The van der Waals surface area contributed by atoms with Gasteiger partial charge in [0.15, 0.2) is 0 Å². The molecule has 17 heavy (non-hydrogen) atoms. The van der Waals surface area contributed by atoms with Crippen LogP contribution in [0.5, 0.6) is 0 Å². The van der Waals surface area contributed by atoms with E-state index in [2.05, 4.69) is 10.3 Å². The first-order valence-corrected chi connectivity index (χ1v) is 5.12. The average Bonchev–Trinajstić information content (AvgIpc) is 2.28. The molecule has 94 valence electrons. The van der Waals surface area contributed by atoms with Gasteiger partial charge < -0.3 is 20.6 Å². The van der Waals surface area contributed by atoms with Crippen LogP contribution < -0.4 is 5.32 Å². The van der Waals surface area contributed by atoms with Gasteiger partial charge in [0.1, 0.15) is 11.4 Å². The third-order valence-electron chi connectivity index (χ3n) is 2.49. The number of hydrogen-bond acceptors (Lipinski definition) is 5. The van der Waals surface area contributed by atoms with Gasteiger partial charge in [-0.1, -0.05) is 0 Å². The molecule has 6 nitrogen and oxygen atoms in total. The highest BCUT2D eigenvalue weighted by molar-refractivity contribution is 5.94. The predicted molar refractivity (Wildman–Crippen MR) is 62.1 cm³/mol. The van der Waals surface area contributed by atoms with Gasteiger partial charge in [0, 0.05) is 6.20 Å². The Labute approximate surface area is 98.9 Å². The molecule has 1 heterocycles. The largest absolute Gasteiger partial charge is 0.478 e. The van der Waals surface area contributed by atoms with Crippen molar-refractivity contribution in [3.8, 4) is 0 Å². The number of aromatic carboxylic acids is 1. The first-order valence-electron chi connectivity index (χ1n) is 5.12. The van der Waals surface area contributed by atoms with Gasteiger partial charge in [0.2, 0.25) is 0 Å². The van der Waals surface area contributed by atoms with Gasteiger partial charge in [-0.15, -0.1) is 0 Å². The first kappa shape index (κ1) is 13.4. The SMILES string of the molecule is Cc1ccnc(NC(C)(CO)CO)c1C(=O)O. The third kappa shape index (κ3) is 2.92. The molecule has 1 rings (SSSR count). The van der Waals surface area contributed by atoms with Crippen molar-refractivity contribution in [3.05, 3.63) is 23.4 Å². The lowest BCUT2D eigenvalue weighted by Crippen LogP contribution is -2.43. The van der Waals surface area contributed by atoms with Crippen LogP contribution in [0.2, 0.25) is 0 Å². The Morgan fingerprint density at radius 3 is 2.53 bits per heavy atom. The number of carbonyl (C=O) groups is 1. The van der Waals surface area contributed by atoms with Crippen molar-refractivity contribution in [2.75, 3.05) is 18.5 Å². The summed E-state index contributed by atoms with van der Waals surface area (Å²) in [5.41, 5.74) is -0.404. The highest BCUT2D eigenvalue weighted by Crippen LogP contribution is 2.20. The van der Waals surface area contributed by atoms with E-state index in [1.165, 1.54) is 6.20 Å². The van der Waals surface area contributed by atoms with Crippen molar-refractivity contribution >= 4 is 11.8 Å². The van der Waals surface area contributed by atoms with Crippen LogP contribution >= 0.6 is 0 Å². The summed E-state index contributed by atoms with van der Waals surface area (Å²) in [6.45, 7) is 2.56. The molecule has 0 aromatic carbocycles. The van der Waals surface area contributed by atoms with Gasteiger partial charge in [0.05, 0.1) is 18.8 Å². The summed E-state index contributed by atoms with van der Waals surface area (Å²) in [5.74, 6) is -0.959. The number of aliphatic hydroxyl groups excluding tert-OH is 2. The van der Waals surface area contributed by atoms with Crippen molar-refractivity contribution in [2.45, 2.75) is 19.4 Å². The van der Waals surface area contributed by atoms with E-state index in [0.717, 1.165) is 0 Å². The molecule has 0 saturated heterocycles. The number of hydrogen-bond donors (Lipinski definition) is 4. The van der Waals surface area contributed by atoms with Crippen LogP contribution in [-0.2, 0) is 0 Å². The Balaban J connectivity index is 3.15. The molecular weight excluding hydrogens is 224 g/mol. The van der Waals surface area contributed by atoms with Gasteiger partial charge in [-0.25, -0.2) is 9.78 Å². The van der Waals surface area contributed by atoms with Gasteiger partial charge in [-0.3, -0.25) is 0 Å². The summed E-state index contributed by atoms with van der Waals surface area (Å²) in [6, 6.07) is 1.59. The molecule has 0 radical (unpaired) electrons. The molecule has 0 aliphatic carbocycles. The average molecular weight is 240 g/mol. The smallest absolute Gasteiger partial charge is 0.339 e. The second-order valence-electron chi connectivity index (χ2n) is 4.16. The molecule has 0 aliphatic heterocycles. The van der Waals surface area contributed by atoms with Crippen molar-refractivity contribution in [1.29, 1.82) is 0 Å². The molecule has 4 N–H and O–H groups in total. The summed E-state index contributed by atoms with van der Waals surface area (Å²) < 4.78 is 0. The summed E-state index contributed by atoms with van der Waals surface area (Å²) in [6.07, 6.45) is 1.47. The fourth-order valence-corrected chi connectivity index (χ4v) is 1.34. The van der Waals surface area contributed by atoms with Crippen LogP contribution in [0.4, 0.5) is 5.82 Å². The van der Waals surface area contributed by atoms with Crippen molar-refractivity contribution in [2.24, 2.45) is 0 Å². The first-order chi connectivity index (χ1) is 7.93. The summed E-state index contributed by atoms with van der Waals surface area (Å²) in [7, 11) is 0. The topological polar surface area (TPSA) is 103 Å². The third-order valence-corrected chi connectivity index (χ3v) is 2.49. The van der Waals surface area contributed by atoms with Crippen LogP contribution in [-0.4, -0.2) is 45.0 Å². The lowest BCUT2D eigenvalue weighted by atomic mass is 10.0. The number of pyridine rings is 1.